The summed E-state index contributed by atoms with van der Waals surface area (Å²) in [7, 11) is 0. The van der Waals surface area contributed by atoms with Gasteiger partial charge in [-0.25, -0.2) is 0 Å². The number of carbonyl (C=O) groups excluding carboxylic acids is 1. The number of piperazine rings is 1. The van der Waals surface area contributed by atoms with E-state index in [2.05, 4.69) is 4.90 Å². The Morgan fingerprint density at radius 2 is 1.84 bits per heavy atom. The molecule has 1 N–H and O–H groups in total. The molecule has 0 saturated carbocycles. The number of aliphatic carboxylic acids is 1. The fourth-order valence-electron chi connectivity index (χ4n) is 3.07. The van der Waals surface area contributed by atoms with Crippen molar-refractivity contribution in [1.29, 1.82) is 0 Å². The van der Waals surface area contributed by atoms with Crippen molar-refractivity contribution in [3.63, 3.8) is 0 Å². The lowest BCUT2D eigenvalue weighted by atomic mass is 9.93. The summed E-state index contributed by atoms with van der Waals surface area (Å²) in [6.45, 7) is 6.94. The Kier molecular flexibility index (Phi) is 4.45. The molecule has 0 aliphatic carbocycles. The molecule has 0 radical (unpaired) electrons. The van der Waals surface area contributed by atoms with E-state index in [0.717, 1.165) is 32.6 Å². The maximum atomic E-state index is 12.4. The average molecular weight is 268 g/mol. The maximum absolute atomic E-state index is 12.4. The summed E-state index contributed by atoms with van der Waals surface area (Å²) in [5, 5.41) is 9.01. The minimum atomic E-state index is -0.892. The van der Waals surface area contributed by atoms with Crippen LogP contribution in [-0.2, 0) is 9.59 Å². The van der Waals surface area contributed by atoms with E-state index in [4.69, 9.17) is 5.11 Å². The molecule has 0 bridgehead atoms. The monoisotopic (exact) mass is 268 g/mol. The predicted octanol–water partition coefficient (Wildman–Crippen LogP) is 1.04. The quantitative estimate of drug-likeness (QED) is 0.831. The highest BCUT2D eigenvalue weighted by molar-refractivity contribution is 5.84. The molecule has 0 aromatic carbocycles. The Bertz CT molecular complexity index is 359. The van der Waals surface area contributed by atoms with E-state index < -0.39 is 17.8 Å². The smallest absolute Gasteiger partial charge is 0.307 e. The van der Waals surface area contributed by atoms with Gasteiger partial charge in [0.25, 0.3) is 0 Å². The zero-order chi connectivity index (χ0) is 14.0. The van der Waals surface area contributed by atoms with E-state index in [0.29, 0.717) is 6.04 Å². The Balaban J connectivity index is 1.95. The number of amides is 1. The second-order valence-corrected chi connectivity index (χ2v) is 5.89. The third-order valence-electron chi connectivity index (χ3n) is 4.68. The number of fused-ring (bicyclic) bond motifs is 1. The van der Waals surface area contributed by atoms with Crippen molar-refractivity contribution < 1.29 is 14.7 Å². The van der Waals surface area contributed by atoms with Crippen molar-refractivity contribution >= 4 is 11.9 Å². The summed E-state index contributed by atoms with van der Waals surface area (Å²) in [5.74, 6) is -1.94. The lowest BCUT2D eigenvalue weighted by Gasteiger charge is -2.44. The van der Waals surface area contributed by atoms with Crippen molar-refractivity contribution in [3.05, 3.63) is 0 Å². The van der Waals surface area contributed by atoms with E-state index in [1.165, 1.54) is 12.8 Å². The van der Waals surface area contributed by atoms with Gasteiger partial charge in [0.2, 0.25) is 5.91 Å². The molecule has 108 valence electrons. The summed E-state index contributed by atoms with van der Waals surface area (Å²) < 4.78 is 0. The molecule has 0 aromatic heterocycles. The van der Waals surface area contributed by atoms with Crippen LogP contribution in [-0.4, -0.2) is 59.0 Å². The average Bonchev–Trinajstić information content (AvgIpc) is 2.44. The van der Waals surface area contributed by atoms with E-state index >= 15 is 0 Å². The van der Waals surface area contributed by atoms with Crippen molar-refractivity contribution in [3.8, 4) is 0 Å². The second kappa shape index (κ2) is 5.90. The number of rotatable bonds is 3. The highest BCUT2D eigenvalue weighted by Gasteiger charge is 2.35. The molecule has 1 amide bonds. The first-order valence-electron chi connectivity index (χ1n) is 7.26. The molecule has 5 nitrogen and oxygen atoms in total. The molecular weight excluding hydrogens is 244 g/mol. The molecule has 2 heterocycles. The van der Waals surface area contributed by atoms with Gasteiger partial charge in [0, 0.05) is 31.6 Å². The lowest BCUT2D eigenvalue weighted by molar-refractivity contribution is -0.150. The molecule has 2 fully saturated rings. The van der Waals surface area contributed by atoms with Gasteiger partial charge in [0.15, 0.2) is 0 Å². The van der Waals surface area contributed by atoms with Crippen molar-refractivity contribution in [2.75, 3.05) is 26.2 Å². The van der Waals surface area contributed by atoms with Crippen LogP contribution in [0, 0.1) is 11.8 Å². The van der Waals surface area contributed by atoms with Crippen molar-refractivity contribution in [1.82, 2.24) is 9.80 Å². The molecule has 2 saturated heterocycles. The molecule has 3 unspecified atom stereocenters. The van der Waals surface area contributed by atoms with Gasteiger partial charge in [-0.15, -0.1) is 0 Å². The zero-order valence-electron chi connectivity index (χ0n) is 11.8. The predicted molar refractivity (Wildman–Crippen MR) is 71.8 cm³/mol. The Labute approximate surface area is 114 Å². The third-order valence-corrected chi connectivity index (χ3v) is 4.68. The number of carboxylic acid groups (broad SMARTS) is 1. The van der Waals surface area contributed by atoms with E-state index in [9.17, 15) is 9.59 Å². The van der Waals surface area contributed by atoms with E-state index in [1.807, 2.05) is 4.90 Å². The molecular formula is C14H24N2O3. The third kappa shape index (κ3) is 3.08. The second-order valence-electron chi connectivity index (χ2n) is 5.89. The van der Waals surface area contributed by atoms with E-state index in [-0.39, 0.29) is 5.91 Å². The fraction of sp³-hybridized carbons (Fsp3) is 0.857. The number of nitrogens with zero attached hydrogens (tertiary/aromatic N) is 2. The van der Waals surface area contributed by atoms with Gasteiger partial charge < -0.3 is 10.0 Å². The van der Waals surface area contributed by atoms with Crippen LogP contribution in [0.25, 0.3) is 0 Å². The Morgan fingerprint density at radius 3 is 2.53 bits per heavy atom. The maximum Gasteiger partial charge on any atom is 0.307 e. The molecule has 19 heavy (non-hydrogen) atoms. The highest BCUT2D eigenvalue weighted by atomic mass is 16.4. The minimum Gasteiger partial charge on any atom is -0.481 e. The normalized spacial score (nSPS) is 27.5. The number of hydrogen-bond donors (Lipinski definition) is 1. The van der Waals surface area contributed by atoms with Crippen LogP contribution in [0.15, 0.2) is 0 Å². The number of piperidine rings is 1. The van der Waals surface area contributed by atoms with Crippen LogP contribution >= 0.6 is 0 Å². The van der Waals surface area contributed by atoms with Gasteiger partial charge in [-0.3, -0.25) is 14.5 Å². The molecule has 2 aliphatic heterocycles. The van der Waals surface area contributed by atoms with Gasteiger partial charge in [-0.2, -0.15) is 0 Å². The summed E-state index contributed by atoms with van der Waals surface area (Å²) in [4.78, 5) is 27.7. The first-order valence-corrected chi connectivity index (χ1v) is 7.26. The highest BCUT2D eigenvalue weighted by Crippen LogP contribution is 2.23. The van der Waals surface area contributed by atoms with E-state index in [1.54, 1.807) is 13.8 Å². The summed E-state index contributed by atoms with van der Waals surface area (Å²) in [6, 6.07) is 0.485. The van der Waals surface area contributed by atoms with Gasteiger partial charge in [-0.05, 0) is 19.4 Å². The zero-order valence-corrected chi connectivity index (χ0v) is 11.8. The largest absolute Gasteiger partial charge is 0.481 e. The SMILES string of the molecule is CC(C(=O)O)C(C)C(=O)N1CCN2CCCCC2C1. The van der Waals surface area contributed by atoms with Crippen LogP contribution in [0.2, 0.25) is 0 Å². The molecule has 2 rings (SSSR count). The minimum absolute atomic E-state index is 0.000114. The standard InChI is InChI=1S/C14H24N2O3/c1-10(11(2)14(18)19)13(17)16-8-7-15-6-4-3-5-12(15)9-16/h10-12H,3-9H2,1-2H3,(H,18,19). The summed E-state index contributed by atoms with van der Waals surface area (Å²) in [6.07, 6.45) is 3.66. The topological polar surface area (TPSA) is 60.9 Å². The molecule has 5 heteroatoms. The van der Waals surface area contributed by atoms with Gasteiger partial charge in [0.05, 0.1) is 5.92 Å². The molecule has 2 aliphatic rings. The Morgan fingerprint density at radius 1 is 1.11 bits per heavy atom. The van der Waals surface area contributed by atoms with Crippen molar-refractivity contribution in [2.24, 2.45) is 11.8 Å². The van der Waals surface area contributed by atoms with Crippen molar-refractivity contribution in [2.45, 2.75) is 39.2 Å². The number of carbonyl (C=O) groups is 2. The van der Waals surface area contributed by atoms with Gasteiger partial charge >= 0.3 is 5.97 Å². The molecule has 0 spiro atoms. The first-order chi connectivity index (χ1) is 9.00. The molecule has 0 aromatic rings. The van der Waals surface area contributed by atoms with Crippen LogP contribution < -0.4 is 0 Å². The van der Waals surface area contributed by atoms with Crippen LogP contribution in [0.5, 0.6) is 0 Å². The Hall–Kier alpha value is -1.10. The number of carboxylic acids is 1. The van der Waals surface area contributed by atoms with Gasteiger partial charge in [0.1, 0.15) is 0 Å². The van der Waals surface area contributed by atoms with Crippen LogP contribution in [0.1, 0.15) is 33.1 Å². The number of hydrogen-bond acceptors (Lipinski definition) is 3. The molecule has 3 atom stereocenters. The van der Waals surface area contributed by atoms with Crippen LogP contribution in [0.3, 0.4) is 0 Å². The fourth-order valence-corrected chi connectivity index (χ4v) is 3.07. The summed E-state index contributed by atoms with van der Waals surface area (Å²) in [5.41, 5.74) is 0. The lowest BCUT2D eigenvalue weighted by Crippen LogP contribution is -2.57. The first kappa shape index (κ1) is 14.3. The van der Waals surface area contributed by atoms with Gasteiger partial charge in [-0.1, -0.05) is 20.3 Å². The van der Waals surface area contributed by atoms with Crippen LogP contribution in [0.4, 0.5) is 0 Å². The summed E-state index contributed by atoms with van der Waals surface area (Å²) >= 11 is 0.